The Bertz CT molecular complexity index is 440. The molecule has 112 valence electrons. The molecule has 1 heterocycles. The second-order valence-electron chi connectivity index (χ2n) is 5.26. The van der Waals surface area contributed by atoms with Crippen molar-refractivity contribution in [2.24, 2.45) is 0 Å². The van der Waals surface area contributed by atoms with Crippen LogP contribution >= 0.6 is 0 Å². The molecular formula is C15H23FN2O2. The maximum Gasteiger partial charge on any atom is 0.225 e. The van der Waals surface area contributed by atoms with Crippen LogP contribution in [0.2, 0.25) is 0 Å². The summed E-state index contributed by atoms with van der Waals surface area (Å²) >= 11 is 0. The van der Waals surface area contributed by atoms with E-state index in [1.165, 1.54) is 12.1 Å². The highest BCUT2D eigenvalue weighted by molar-refractivity contribution is 5.30. The van der Waals surface area contributed by atoms with Crippen molar-refractivity contribution in [1.29, 1.82) is 0 Å². The fraction of sp³-hybridized carbons (Fsp3) is 0.600. The molecule has 0 aromatic heterocycles. The summed E-state index contributed by atoms with van der Waals surface area (Å²) in [7, 11) is 3.56. The minimum Gasteiger partial charge on any atom is -0.347 e. The van der Waals surface area contributed by atoms with E-state index < -0.39 is 5.79 Å². The average Bonchev–Trinajstić information content (AvgIpc) is 3.06. The van der Waals surface area contributed by atoms with Crippen LogP contribution in [0.1, 0.15) is 18.9 Å². The van der Waals surface area contributed by atoms with Gasteiger partial charge in [-0.15, -0.1) is 0 Å². The fourth-order valence-corrected chi connectivity index (χ4v) is 2.58. The van der Waals surface area contributed by atoms with E-state index in [0.29, 0.717) is 0 Å². The van der Waals surface area contributed by atoms with Gasteiger partial charge in [-0.25, -0.2) is 4.39 Å². The van der Waals surface area contributed by atoms with E-state index in [2.05, 4.69) is 10.6 Å². The van der Waals surface area contributed by atoms with Crippen LogP contribution < -0.4 is 10.6 Å². The van der Waals surface area contributed by atoms with E-state index >= 15 is 0 Å². The highest BCUT2D eigenvalue weighted by Gasteiger charge is 2.68. The summed E-state index contributed by atoms with van der Waals surface area (Å²) in [6.45, 7) is 4.73. The van der Waals surface area contributed by atoms with Crippen molar-refractivity contribution in [3.63, 3.8) is 0 Å². The Morgan fingerprint density at radius 2 is 1.90 bits per heavy atom. The molecule has 2 unspecified atom stereocenters. The van der Waals surface area contributed by atoms with Crippen LogP contribution in [0.4, 0.5) is 4.39 Å². The lowest BCUT2D eigenvalue weighted by molar-refractivity contribution is -0.0150. The van der Waals surface area contributed by atoms with Crippen molar-refractivity contribution in [3.8, 4) is 0 Å². The van der Waals surface area contributed by atoms with Crippen molar-refractivity contribution in [3.05, 3.63) is 35.6 Å². The molecule has 1 aliphatic rings. The Balaban J connectivity index is 1.95. The molecule has 1 aromatic rings. The number of hydrogen-bond acceptors (Lipinski definition) is 4. The van der Waals surface area contributed by atoms with Crippen LogP contribution in [0.25, 0.3) is 0 Å². The van der Waals surface area contributed by atoms with Crippen molar-refractivity contribution < 1.29 is 13.9 Å². The molecule has 2 N–H and O–H groups in total. The molecule has 0 amide bonds. The predicted molar refractivity (Wildman–Crippen MR) is 76.0 cm³/mol. The molecule has 20 heavy (non-hydrogen) atoms. The van der Waals surface area contributed by atoms with Gasteiger partial charge >= 0.3 is 0 Å². The van der Waals surface area contributed by atoms with Gasteiger partial charge in [0.25, 0.3) is 0 Å². The van der Waals surface area contributed by atoms with E-state index in [1.54, 1.807) is 19.2 Å². The van der Waals surface area contributed by atoms with Crippen LogP contribution in [0.15, 0.2) is 24.3 Å². The van der Waals surface area contributed by atoms with Gasteiger partial charge in [0.15, 0.2) is 0 Å². The molecule has 1 aliphatic heterocycles. The second-order valence-corrected chi connectivity index (χ2v) is 5.26. The number of benzene rings is 1. The molecule has 5 heteroatoms. The van der Waals surface area contributed by atoms with Gasteiger partial charge in [-0.05, 0) is 39.1 Å². The Morgan fingerprint density at radius 3 is 2.50 bits per heavy atom. The zero-order valence-corrected chi connectivity index (χ0v) is 12.3. The van der Waals surface area contributed by atoms with Gasteiger partial charge in [-0.3, -0.25) is 0 Å². The molecule has 1 fully saturated rings. The number of hydrogen-bond donors (Lipinski definition) is 2. The smallest absolute Gasteiger partial charge is 0.225 e. The Hall–Kier alpha value is -1.01. The van der Waals surface area contributed by atoms with Crippen molar-refractivity contribution >= 4 is 0 Å². The lowest BCUT2D eigenvalue weighted by Crippen LogP contribution is -2.30. The molecule has 0 saturated carbocycles. The van der Waals surface area contributed by atoms with Crippen LogP contribution in [-0.4, -0.2) is 39.4 Å². The quantitative estimate of drug-likeness (QED) is 0.562. The minimum absolute atomic E-state index is 0.254. The molecule has 0 bridgehead atoms. The number of ether oxygens (including phenoxy) is 2. The van der Waals surface area contributed by atoms with Gasteiger partial charge in [-0.1, -0.05) is 12.1 Å². The fourth-order valence-electron chi connectivity index (χ4n) is 2.58. The number of likely N-dealkylation sites (N-methyl/N-ethyl adjacent to an activating group) is 1. The number of nitrogens with one attached hydrogen (secondary N) is 2. The molecule has 1 saturated heterocycles. The van der Waals surface area contributed by atoms with Gasteiger partial charge in [0, 0.05) is 25.8 Å². The molecule has 2 rings (SSSR count). The largest absolute Gasteiger partial charge is 0.347 e. The van der Waals surface area contributed by atoms with Gasteiger partial charge in [0.1, 0.15) is 11.4 Å². The molecule has 0 spiro atoms. The monoisotopic (exact) mass is 282 g/mol. The summed E-state index contributed by atoms with van der Waals surface area (Å²) in [4.78, 5) is 0. The lowest BCUT2D eigenvalue weighted by atomic mass is 9.94. The van der Waals surface area contributed by atoms with Crippen molar-refractivity contribution in [1.82, 2.24) is 10.6 Å². The third kappa shape index (κ3) is 2.86. The lowest BCUT2D eigenvalue weighted by Gasteiger charge is -2.16. The first kappa shape index (κ1) is 15.4. The van der Waals surface area contributed by atoms with E-state index in [-0.39, 0.29) is 11.4 Å². The third-order valence-corrected chi connectivity index (χ3v) is 3.87. The average molecular weight is 282 g/mol. The molecule has 0 aliphatic carbocycles. The topological polar surface area (TPSA) is 45.8 Å². The maximum atomic E-state index is 13.0. The van der Waals surface area contributed by atoms with Gasteiger partial charge < -0.3 is 20.1 Å². The summed E-state index contributed by atoms with van der Waals surface area (Å²) in [6.07, 6.45) is 0.835. The van der Waals surface area contributed by atoms with Crippen molar-refractivity contribution in [2.75, 3.05) is 33.8 Å². The third-order valence-electron chi connectivity index (χ3n) is 3.87. The Kier molecular flexibility index (Phi) is 4.75. The standard InChI is InChI=1S/C15H23FN2O2/c1-14(8-9-18-11-10-17-2)15(19-3,20-14)12-4-6-13(16)7-5-12/h4-7,17-18H,8-11H2,1-3H3. The zero-order chi connectivity index (χ0) is 14.6. The second kappa shape index (κ2) is 6.18. The zero-order valence-electron chi connectivity index (χ0n) is 12.3. The normalized spacial score (nSPS) is 28.6. The first-order chi connectivity index (χ1) is 9.58. The molecular weight excluding hydrogens is 259 g/mol. The number of methoxy groups -OCH3 is 1. The first-order valence-electron chi connectivity index (χ1n) is 6.95. The van der Waals surface area contributed by atoms with Crippen LogP contribution in [0.3, 0.4) is 0 Å². The van der Waals surface area contributed by atoms with Crippen molar-refractivity contribution in [2.45, 2.75) is 24.7 Å². The van der Waals surface area contributed by atoms with Gasteiger partial charge in [-0.2, -0.15) is 0 Å². The van der Waals surface area contributed by atoms with Gasteiger partial charge in [0.2, 0.25) is 5.79 Å². The van der Waals surface area contributed by atoms with Crippen LogP contribution in [-0.2, 0) is 15.3 Å². The number of epoxide rings is 1. The molecule has 1 aromatic carbocycles. The summed E-state index contributed by atoms with van der Waals surface area (Å²) in [5.74, 6) is -0.998. The Labute approximate surface area is 119 Å². The highest BCUT2D eigenvalue weighted by atomic mass is 19.1. The predicted octanol–water partition coefficient (Wildman–Crippen LogP) is 1.61. The highest BCUT2D eigenvalue weighted by Crippen LogP contribution is 2.57. The summed E-state index contributed by atoms with van der Waals surface area (Å²) in [6, 6.07) is 6.31. The SMILES string of the molecule is CNCCNCCC1(C)OC1(OC)c1ccc(F)cc1. The van der Waals surface area contributed by atoms with E-state index in [9.17, 15) is 4.39 Å². The maximum absolute atomic E-state index is 13.0. The minimum atomic E-state index is -0.745. The first-order valence-corrected chi connectivity index (χ1v) is 6.95. The molecule has 0 radical (unpaired) electrons. The molecule has 2 atom stereocenters. The summed E-state index contributed by atoms with van der Waals surface area (Å²) in [5, 5.41) is 6.43. The number of halogens is 1. The summed E-state index contributed by atoms with van der Waals surface area (Å²) < 4.78 is 24.5. The molecule has 4 nitrogen and oxygen atoms in total. The van der Waals surface area contributed by atoms with E-state index in [1.807, 2.05) is 14.0 Å². The van der Waals surface area contributed by atoms with Crippen LogP contribution in [0, 0.1) is 5.82 Å². The van der Waals surface area contributed by atoms with Crippen LogP contribution in [0.5, 0.6) is 0 Å². The number of rotatable bonds is 8. The van der Waals surface area contributed by atoms with E-state index in [4.69, 9.17) is 9.47 Å². The Morgan fingerprint density at radius 1 is 1.20 bits per heavy atom. The summed E-state index contributed by atoms with van der Waals surface area (Å²) in [5.41, 5.74) is 0.491. The van der Waals surface area contributed by atoms with E-state index in [0.717, 1.165) is 31.6 Å². The van der Waals surface area contributed by atoms with Gasteiger partial charge in [0.05, 0.1) is 0 Å².